The zero-order valence-electron chi connectivity index (χ0n) is 16.0. The average Bonchev–Trinajstić information content (AvgIpc) is 3.18. The summed E-state index contributed by atoms with van der Waals surface area (Å²) in [6.45, 7) is 5.11. The van der Waals surface area contributed by atoms with Gasteiger partial charge in [0.1, 0.15) is 0 Å². The number of carbonyl (C=O) groups is 1. The number of rotatable bonds is 5. The van der Waals surface area contributed by atoms with Crippen LogP contribution in [0, 0.1) is 0 Å². The lowest BCUT2D eigenvalue weighted by Crippen LogP contribution is -2.36. The number of aromatic amines is 1. The molecule has 1 amide bonds. The topological polar surface area (TPSA) is 70.2 Å². The lowest BCUT2D eigenvalue weighted by molar-refractivity contribution is 0.0940. The van der Waals surface area contributed by atoms with E-state index in [0.717, 1.165) is 37.6 Å². The Morgan fingerprint density at radius 2 is 1.90 bits per heavy atom. The maximum Gasteiger partial charge on any atom is 0.295 e. The predicted molar refractivity (Wildman–Crippen MR) is 106 cm³/mol. The van der Waals surface area contributed by atoms with Crippen LogP contribution >= 0.6 is 0 Å². The second kappa shape index (κ2) is 8.16. The van der Waals surface area contributed by atoms with E-state index in [4.69, 9.17) is 4.74 Å². The number of amides is 1. The first-order valence-corrected chi connectivity index (χ1v) is 9.52. The molecule has 29 heavy (non-hydrogen) atoms. The number of benzene rings is 2. The van der Waals surface area contributed by atoms with Gasteiger partial charge in [-0.1, -0.05) is 12.1 Å². The molecule has 0 spiro atoms. The van der Waals surface area contributed by atoms with Crippen LogP contribution in [0.15, 0.2) is 42.5 Å². The molecule has 2 heterocycles. The van der Waals surface area contributed by atoms with E-state index in [9.17, 15) is 13.6 Å². The van der Waals surface area contributed by atoms with Crippen molar-refractivity contribution in [1.82, 2.24) is 15.3 Å². The lowest BCUT2D eigenvalue weighted by atomic mass is 10.1. The van der Waals surface area contributed by atoms with Crippen molar-refractivity contribution in [2.24, 2.45) is 0 Å². The molecule has 0 saturated carbocycles. The normalized spacial score (nSPS) is 15.7. The zero-order valence-corrected chi connectivity index (χ0v) is 16.0. The monoisotopic (exact) mass is 400 g/mol. The van der Waals surface area contributed by atoms with Gasteiger partial charge in [-0.25, -0.2) is 13.8 Å². The summed E-state index contributed by atoms with van der Waals surface area (Å²) in [6.07, 6.45) is -2.68. The first kappa shape index (κ1) is 19.3. The highest BCUT2D eigenvalue weighted by molar-refractivity contribution is 5.97. The molecule has 2 N–H and O–H groups in total. The van der Waals surface area contributed by atoms with Gasteiger partial charge in [0.05, 0.1) is 30.3 Å². The van der Waals surface area contributed by atoms with Gasteiger partial charge in [0.25, 0.3) is 12.3 Å². The largest absolute Gasteiger partial charge is 0.378 e. The molecule has 1 aliphatic rings. The van der Waals surface area contributed by atoms with Crippen LogP contribution in [-0.4, -0.2) is 42.2 Å². The second-order valence-electron chi connectivity index (χ2n) is 7.04. The molecular formula is C21H22F2N4O2. The van der Waals surface area contributed by atoms with Crippen molar-refractivity contribution < 1.29 is 18.3 Å². The minimum atomic E-state index is -2.68. The third kappa shape index (κ3) is 4.22. The Hall–Kier alpha value is -3.00. The van der Waals surface area contributed by atoms with E-state index in [0.29, 0.717) is 16.6 Å². The molecule has 3 aromatic rings. The van der Waals surface area contributed by atoms with E-state index in [1.807, 2.05) is 31.2 Å². The van der Waals surface area contributed by atoms with Crippen LogP contribution < -0.4 is 10.2 Å². The third-order valence-electron chi connectivity index (χ3n) is 5.09. The quantitative estimate of drug-likeness (QED) is 0.683. The van der Waals surface area contributed by atoms with Crippen LogP contribution in [0.4, 0.5) is 14.5 Å². The average molecular weight is 400 g/mol. The van der Waals surface area contributed by atoms with Gasteiger partial charge in [-0.3, -0.25) is 4.79 Å². The second-order valence-corrected chi connectivity index (χ2v) is 7.04. The molecule has 1 aromatic heterocycles. The van der Waals surface area contributed by atoms with Crippen molar-refractivity contribution in [2.75, 3.05) is 31.2 Å². The summed E-state index contributed by atoms with van der Waals surface area (Å²) < 4.78 is 31.0. The number of carbonyl (C=O) groups excluding carboxylic acids is 1. The Morgan fingerprint density at radius 3 is 2.59 bits per heavy atom. The van der Waals surface area contributed by atoms with Gasteiger partial charge in [-0.15, -0.1) is 0 Å². The van der Waals surface area contributed by atoms with Crippen LogP contribution in [0.2, 0.25) is 0 Å². The summed E-state index contributed by atoms with van der Waals surface area (Å²) in [5.74, 6) is -0.670. The van der Waals surface area contributed by atoms with Gasteiger partial charge in [0.15, 0.2) is 5.82 Å². The van der Waals surface area contributed by atoms with Crippen LogP contribution in [0.5, 0.6) is 0 Å². The number of halogens is 2. The van der Waals surface area contributed by atoms with Crippen molar-refractivity contribution >= 4 is 22.6 Å². The molecule has 1 fully saturated rings. The highest BCUT2D eigenvalue weighted by Gasteiger charge is 2.16. The SMILES string of the molecule is CC(NC(=O)c1ccc2nc(C(F)F)[nH]c2c1)c1ccc(N2CCOCC2)cc1. The summed E-state index contributed by atoms with van der Waals surface area (Å²) in [6, 6.07) is 12.6. The highest BCUT2D eigenvalue weighted by Crippen LogP contribution is 2.22. The maximum absolute atomic E-state index is 12.8. The van der Waals surface area contributed by atoms with Crippen molar-refractivity contribution in [3.63, 3.8) is 0 Å². The Labute approximate surface area is 166 Å². The molecule has 2 aromatic carbocycles. The minimum Gasteiger partial charge on any atom is -0.378 e. The number of nitrogens with one attached hydrogen (secondary N) is 2. The zero-order chi connectivity index (χ0) is 20.4. The van der Waals surface area contributed by atoms with E-state index in [1.54, 1.807) is 12.1 Å². The van der Waals surface area contributed by atoms with E-state index in [-0.39, 0.29) is 11.9 Å². The predicted octanol–water partition coefficient (Wildman–Crippen LogP) is 3.83. The molecule has 4 rings (SSSR count). The number of nitrogens with zero attached hydrogens (tertiary/aromatic N) is 2. The van der Waals surface area contributed by atoms with Gasteiger partial charge in [0, 0.05) is 24.3 Å². The van der Waals surface area contributed by atoms with Crippen molar-refractivity contribution in [2.45, 2.75) is 19.4 Å². The molecule has 1 atom stereocenters. The Morgan fingerprint density at radius 1 is 1.17 bits per heavy atom. The Bertz CT molecular complexity index is 998. The van der Waals surface area contributed by atoms with Gasteiger partial charge in [0.2, 0.25) is 0 Å². The summed E-state index contributed by atoms with van der Waals surface area (Å²) in [4.78, 5) is 21.3. The molecular weight excluding hydrogens is 378 g/mol. The number of aromatic nitrogens is 2. The maximum atomic E-state index is 12.8. The summed E-state index contributed by atoms with van der Waals surface area (Å²) >= 11 is 0. The number of anilines is 1. The first-order chi connectivity index (χ1) is 14.0. The van der Waals surface area contributed by atoms with Crippen molar-refractivity contribution in [1.29, 1.82) is 0 Å². The van der Waals surface area contributed by atoms with Crippen LogP contribution in [-0.2, 0) is 4.74 Å². The standard InChI is InChI=1S/C21H22F2N4O2/c1-13(14-2-5-16(6-3-14)27-8-10-29-11-9-27)24-21(28)15-4-7-17-18(12-15)26-20(25-17)19(22)23/h2-7,12-13,19H,8-11H2,1H3,(H,24,28)(H,25,26). The minimum absolute atomic E-state index is 0.199. The summed E-state index contributed by atoms with van der Waals surface area (Å²) in [5.41, 5.74) is 3.32. The molecule has 6 nitrogen and oxygen atoms in total. The van der Waals surface area contributed by atoms with E-state index >= 15 is 0 Å². The van der Waals surface area contributed by atoms with Gasteiger partial charge in [-0.05, 0) is 42.8 Å². The summed E-state index contributed by atoms with van der Waals surface area (Å²) in [5, 5.41) is 2.95. The molecule has 1 saturated heterocycles. The molecule has 0 bridgehead atoms. The Balaban J connectivity index is 1.44. The third-order valence-corrected chi connectivity index (χ3v) is 5.09. The molecule has 8 heteroatoms. The summed E-state index contributed by atoms with van der Waals surface area (Å²) in [7, 11) is 0. The number of hydrogen-bond acceptors (Lipinski definition) is 4. The molecule has 1 unspecified atom stereocenters. The number of H-pyrrole nitrogens is 1. The number of imidazole rings is 1. The first-order valence-electron chi connectivity index (χ1n) is 9.52. The van der Waals surface area contributed by atoms with E-state index < -0.39 is 12.2 Å². The van der Waals surface area contributed by atoms with Gasteiger partial charge in [-0.2, -0.15) is 0 Å². The van der Waals surface area contributed by atoms with Gasteiger partial charge >= 0.3 is 0 Å². The van der Waals surface area contributed by atoms with E-state index in [1.165, 1.54) is 6.07 Å². The number of fused-ring (bicyclic) bond motifs is 1. The van der Waals surface area contributed by atoms with Crippen LogP contribution in [0.1, 0.15) is 41.1 Å². The fourth-order valence-electron chi connectivity index (χ4n) is 3.43. The number of ether oxygens (including phenoxy) is 1. The fraction of sp³-hybridized carbons (Fsp3) is 0.333. The van der Waals surface area contributed by atoms with Crippen LogP contribution in [0.25, 0.3) is 11.0 Å². The van der Waals surface area contributed by atoms with Crippen LogP contribution in [0.3, 0.4) is 0 Å². The number of hydrogen-bond donors (Lipinski definition) is 2. The number of alkyl halides is 2. The molecule has 1 aliphatic heterocycles. The van der Waals surface area contributed by atoms with Crippen molar-refractivity contribution in [3.05, 3.63) is 59.4 Å². The molecule has 0 radical (unpaired) electrons. The van der Waals surface area contributed by atoms with E-state index in [2.05, 4.69) is 20.2 Å². The Kier molecular flexibility index (Phi) is 5.44. The lowest BCUT2D eigenvalue weighted by Gasteiger charge is -2.29. The fourth-order valence-corrected chi connectivity index (χ4v) is 3.43. The van der Waals surface area contributed by atoms with Gasteiger partial charge < -0.3 is 19.9 Å². The molecule has 152 valence electrons. The van der Waals surface area contributed by atoms with Crippen molar-refractivity contribution in [3.8, 4) is 0 Å². The smallest absolute Gasteiger partial charge is 0.295 e. The number of morpholine rings is 1. The highest BCUT2D eigenvalue weighted by atomic mass is 19.3. The molecule has 0 aliphatic carbocycles.